The molecule has 4 heterocycles. The Morgan fingerprint density at radius 2 is 1.02 bits per heavy atom. The van der Waals surface area contributed by atoms with Crippen molar-refractivity contribution in [3.8, 4) is 0 Å². The molecule has 6 unspecified atom stereocenters. The van der Waals surface area contributed by atoms with E-state index in [1.165, 1.54) is 114 Å². The van der Waals surface area contributed by atoms with Crippen LogP contribution >= 0.6 is 23.2 Å². The van der Waals surface area contributed by atoms with Gasteiger partial charge >= 0.3 is 0 Å². The van der Waals surface area contributed by atoms with E-state index >= 15 is 0 Å². The number of nitrogens with one attached hydrogen (secondary N) is 2. The molecule has 6 nitrogen and oxygen atoms in total. The number of likely N-dealkylation sites (tertiary alicyclic amines) is 2. The minimum absolute atomic E-state index is 0.640. The summed E-state index contributed by atoms with van der Waals surface area (Å²) in [5, 5.41) is 1.28. The number of imidazole rings is 2. The number of aryl methyl sites for hydroxylation is 2. The van der Waals surface area contributed by atoms with Gasteiger partial charge in [-0.25, -0.2) is 9.97 Å². The summed E-state index contributed by atoms with van der Waals surface area (Å²) < 4.78 is 0. The van der Waals surface area contributed by atoms with Gasteiger partial charge in [-0.2, -0.15) is 0 Å². The Kier molecular flexibility index (Phi) is 12.7. The number of halogens is 2. The van der Waals surface area contributed by atoms with Crippen LogP contribution in [0.2, 0.25) is 10.3 Å². The number of rotatable bonds is 12. The third kappa shape index (κ3) is 9.42. The summed E-state index contributed by atoms with van der Waals surface area (Å²) in [4.78, 5) is 19.9. The molecule has 2 aromatic heterocycles. The number of benzene rings is 2. The Labute approximate surface area is 309 Å². The van der Waals surface area contributed by atoms with E-state index in [-0.39, 0.29) is 0 Å². The quantitative estimate of drug-likeness (QED) is 0.154. The van der Waals surface area contributed by atoms with Crippen molar-refractivity contribution in [2.75, 3.05) is 26.2 Å². The van der Waals surface area contributed by atoms with Crippen LogP contribution in [0.1, 0.15) is 86.7 Å². The summed E-state index contributed by atoms with van der Waals surface area (Å²) >= 11 is 12.1. The second-order valence-electron chi connectivity index (χ2n) is 15.6. The minimum Gasteiger partial charge on any atom is -0.347 e. The average molecular weight is 716 g/mol. The molecular weight excluding hydrogens is 659 g/mol. The van der Waals surface area contributed by atoms with Crippen molar-refractivity contribution >= 4 is 23.2 Å². The molecule has 2 N–H and O–H groups in total. The predicted octanol–water partition coefficient (Wildman–Crippen LogP) is 9.46. The van der Waals surface area contributed by atoms with Crippen LogP contribution in [0, 0.1) is 23.7 Å². The maximum Gasteiger partial charge on any atom is 0.150 e. The van der Waals surface area contributed by atoms with E-state index in [0.29, 0.717) is 10.3 Å². The number of hydrogen-bond acceptors (Lipinski definition) is 4. The second kappa shape index (κ2) is 17.7. The summed E-state index contributed by atoms with van der Waals surface area (Å²) in [6, 6.07) is 23.7. The van der Waals surface area contributed by atoms with E-state index in [0.717, 1.165) is 60.0 Å². The van der Waals surface area contributed by atoms with Crippen molar-refractivity contribution in [2.24, 2.45) is 23.7 Å². The first-order chi connectivity index (χ1) is 24.6. The van der Waals surface area contributed by atoms with Gasteiger partial charge in [-0.3, -0.25) is 0 Å². The molecule has 0 spiro atoms. The SMILES string of the molecule is Clc1nc[nH]c1CCCN1CCC2CC(Cc3ccccc3)CCC21.Clc1nc[nH]c1CCCN1CCC2CC(Cc3ccccc3)CCC21. The normalized spacial score (nSPS) is 26.7. The van der Waals surface area contributed by atoms with Crippen LogP contribution < -0.4 is 0 Å². The number of H-pyrrole nitrogens is 2. The molecule has 2 aliphatic heterocycles. The number of aromatic amines is 2. The predicted molar refractivity (Wildman–Crippen MR) is 206 cm³/mol. The van der Waals surface area contributed by atoms with Gasteiger partial charge in [0.2, 0.25) is 0 Å². The first kappa shape index (κ1) is 35.7. The van der Waals surface area contributed by atoms with Gasteiger partial charge < -0.3 is 19.8 Å². The zero-order valence-electron chi connectivity index (χ0n) is 29.7. The van der Waals surface area contributed by atoms with Crippen LogP contribution in [-0.2, 0) is 25.7 Å². The summed E-state index contributed by atoms with van der Waals surface area (Å²) in [6.45, 7) is 4.95. The topological polar surface area (TPSA) is 63.8 Å². The summed E-state index contributed by atoms with van der Waals surface area (Å²) in [5.41, 5.74) is 5.20. The van der Waals surface area contributed by atoms with Crippen LogP contribution in [0.4, 0.5) is 0 Å². The van der Waals surface area contributed by atoms with E-state index < -0.39 is 0 Å². The van der Waals surface area contributed by atoms with Gasteiger partial charge in [-0.1, -0.05) is 83.9 Å². The Morgan fingerprint density at radius 3 is 1.42 bits per heavy atom. The molecule has 4 aromatic rings. The van der Waals surface area contributed by atoms with Crippen LogP contribution in [0.25, 0.3) is 0 Å². The number of aromatic nitrogens is 4. The van der Waals surface area contributed by atoms with Crippen molar-refractivity contribution in [1.29, 1.82) is 0 Å². The molecule has 4 fully saturated rings. The van der Waals surface area contributed by atoms with Gasteiger partial charge in [0.1, 0.15) is 10.3 Å². The van der Waals surface area contributed by atoms with Crippen LogP contribution in [-0.4, -0.2) is 68.0 Å². The molecule has 8 heteroatoms. The van der Waals surface area contributed by atoms with Gasteiger partial charge in [-0.05, 0) is 151 Å². The lowest BCUT2D eigenvalue weighted by Gasteiger charge is -2.36. The number of nitrogens with zero attached hydrogens (tertiary/aromatic N) is 4. The fourth-order valence-corrected chi connectivity index (χ4v) is 10.4. The molecule has 2 aromatic carbocycles. The zero-order valence-corrected chi connectivity index (χ0v) is 31.2. The molecule has 8 rings (SSSR count). The Hall–Kier alpha value is -2.64. The first-order valence-corrected chi connectivity index (χ1v) is 20.3. The number of hydrogen-bond donors (Lipinski definition) is 2. The highest BCUT2D eigenvalue weighted by molar-refractivity contribution is 6.30. The lowest BCUT2D eigenvalue weighted by atomic mass is 9.76. The zero-order chi connectivity index (χ0) is 34.1. The molecule has 0 radical (unpaired) electrons. The van der Waals surface area contributed by atoms with Crippen LogP contribution in [0.3, 0.4) is 0 Å². The van der Waals surface area contributed by atoms with E-state index in [9.17, 15) is 0 Å². The van der Waals surface area contributed by atoms with Crippen molar-refractivity contribution in [1.82, 2.24) is 29.7 Å². The van der Waals surface area contributed by atoms with Gasteiger partial charge in [0.25, 0.3) is 0 Å². The first-order valence-electron chi connectivity index (χ1n) is 19.5. The minimum atomic E-state index is 0.640. The van der Waals surface area contributed by atoms with Gasteiger partial charge in [0, 0.05) is 12.1 Å². The highest BCUT2D eigenvalue weighted by Crippen LogP contribution is 2.41. The van der Waals surface area contributed by atoms with Crippen molar-refractivity contribution in [3.63, 3.8) is 0 Å². The van der Waals surface area contributed by atoms with Gasteiger partial charge in [0.05, 0.1) is 24.0 Å². The Morgan fingerprint density at radius 1 is 0.580 bits per heavy atom. The maximum absolute atomic E-state index is 6.07. The number of fused-ring (bicyclic) bond motifs is 2. The fraction of sp³-hybridized carbons (Fsp3) is 0.571. The Bertz CT molecular complexity index is 1460. The third-order valence-corrected chi connectivity index (χ3v) is 13.1. The molecule has 2 aliphatic carbocycles. The molecule has 2 saturated carbocycles. The molecule has 268 valence electrons. The molecule has 2 saturated heterocycles. The van der Waals surface area contributed by atoms with Crippen molar-refractivity contribution in [2.45, 2.75) is 102 Å². The van der Waals surface area contributed by atoms with Crippen LogP contribution in [0.15, 0.2) is 73.3 Å². The summed E-state index contributed by atoms with van der Waals surface area (Å²) in [6.07, 6.45) is 21.4. The van der Waals surface area contributed by atoms with Crippen molar-refractivity contribution in [3.05, 3.63) is 106 Å². The third-order valence-electron chi connectivity index (χ3n) is 12.4. The second-order valence-corrected chi connectivity index (χ2v) is 16.3. The van der Waals surface area contributed by atoms with E-state index in [4.69, 9.17) is 23.2 Å². The lowest BCUT2D eigenvalue weighted by Crippen LogP contribution is -2.37. The lowest BCUT2D eigenvalue weighted by molar-refractivity contribution is 0.150. The summed E-state index contributed by atoms with van der Waals surface area (Å²) in [5.74, 6) is 3.59. The standard InChI is InChI=1S/2C21H28ClN3/c2*22-21-19(23-15-24-21)7-4-11-25-12-10-18-14-17(8-9-20(18)25)13-16-5-2-1-3-6-16/h2*1-3,5-6,15,17-18,20H,4,7-14H2,(H,23,24). The largest absolute Gasteiger partial charge is 0.347 e. The summed E-state index contributed by atoms with van der Waals surface area (Å²) in [7, 11) is 0. The molecule has 50 heavy (non-hydrogen) atoms. The van der Waals surface area contributed by atoms with E-state index in [1.807, 2.05) is 0 Å². The Balaban J connectivity index is 0.000000157. The highest BCUT2D eigenvalue weighted by Gasteiger charge is 2.39. The fourth-order valence-electron chi connectivity index (χ4n) is 9.97. The highest BCUT2D eigenvalue weighted by atomic mass is 35.5. The van der Waals surface area contributed by atoms with Crippen LogP contribution in [0.5, 0.6) is 0 Å². The monoisotopic (exact) mass is 714 g/mol. The molecule has 6 atom stereocenters. The maximum atomic E-state index is 6.07. The smallest absolute Gasteiger partial charge is 0.150 e. The average Bonchev–Trinajstić information content (AvgIpc) is 3.94. The van der Waals surface area contributed by atoms with E-state index in [2.05, 4.69) is 90.4 Å². The molecular formula is C42H56Cl2N6. The molecule has 0 amide bonds. The van der Waals surface area contributed by atoms with E-state index in [1.54, 1.807) is 12.7 Å². The molecule has 4 aliphatic rings. The van der Waals surface area contributed by atoms with Gasteiger partial charge in [0.15, 0.2) is 0 Å². The van der Waals surface area contributed by atoms with Gasteiger partial charge in [-0.15, -0.1) is 0 Å². The molecule has 0 bridgehead atoms. The van der Waals surface area contributed by atoms with Crippen molar-refractivity contribution < 1.29 is 0 Å².